The van der Waals surface area contributed by atoms with Gasteiger partial charge < -0.3 is 13.9 Å². The molecule has 0 aliphatic heterocycles. The monoisotopic (exact) mass is 428 g/mol. The number of hydrogen-bond donors (Lipinski definition) is 0. The first-order valence-corrected chi connectivity index (χ1v) is 14.1. The fraction of sp³-hybridized carbons (Fsp3) is 0.615. The van der Waals surface area contributed by atoms with E-state index >= 15 is 0 Å². The predicted molar refractivity (Wildman–Crippen MR) is 128 cm³/mol. The molecule has 0 radical (unpaired) electrons. The van der Waals surface area contributed by atoms with Crippen LogP contribution in [0.3, 0.4) is 0 Å². The Morgan fingerprint density at radius 1 is 1.03 bits per heavy atom. The highest BCUT2D eigenvalue weighted by Gasteiger charge is 2.39. The Labute approximate surface area is 185 Å². The summed E-state index contributed by atoms with van der Waals surface area (Å²) < 4.78 is 17.4. The normalized spacial score (nSPS) is 18.9. The zero-order chi connectivity index (χ0) is 22.0. The van der Waals surface area contributed by atoms with Crippen LogP contribution < -0.4 is 4.74 Å². The number of hydrogen-bond acceptors (Lipinski definition) is 3. The third kappa shape index (κ3) is 8.30. The molecule has 0 saturated heterocycles. The Morgan fingerprint density at radius 3 is 2.43 bits per heavy atom. The Kier molecular flexibility index (Phi) is 9.68. The van der Waals surface area contributed by atoms with Gasteiger partial charge in [-0.25, -0.2) is 0 Å². The van der Waals surface area contributed by atoms with Crippen LogP contribution in [0.5, 0.6) is 5.75 Å². The summed E-state index contributed by atoms with van der Waals surface area (Å²) in [6, 6.07) is 8.03. The molecule has 0 spiro atoms. The van der Waals surface area contributed by atoms with Crippen LogP contribution in [-0.4, -0.2) is 28.1 Å². The van der Waals surface area contributed by atoms with Crippen LogP contribution in [0, 0.1) is 17.8 Å². The standard InChI is InChI=1S/C26H40O3Si/c1-26(2,3)30(5,6)29-25-18-13-22(20-25)12-10-8-7-9-11-19-28-21-23-14-16-24(27-4)17-15-23/h13-18,22,25H,7,9,11-12,19-21H2,1-6H3/t22-,25+/m0/s1. The third-order valence-electron chi connectivity index (χ3n) is 6.14. The third-order valence-corrected chi connectivity index (χ3v) is 10.6. The van der Waals surface area contributed by atoms with Gasteiger partial charge in [0.25, 0.3) is 0 Å². The van der Waals surface area contributed by atoms with E-state index in [0.717, 1.165) is 44.5 Å². The molecule has 30 heavy (non-hydrogen) atoms. The van der Waals surface area contributed by atoms with E-state index in [0.29, 0.717) is 12.5 Å². The minimum Gasteiger partial charge on any atom is -0.497 e. The van der Waals surface area contributed by atoms with Crippen molar-refractivity contribution in [3.63, 3.8) is 0 Å². The first-order valence-electron chi connectivity index (χ1n) is 11.2. The molecule has 2 atom stereocenters. The molecule has 1 aliphatic rings. The molecular formula is C26H40O3Si. The van der Waals surface area contributed by atoms with E-state index in [4.69, 9.17) is 13.9 Å². The molecule has 2 rings (SSSR count). The maximum Gasteiger partial charge on any atom is 0.192 e. The maximum atomic E-state index is 6.50. The van der Waals surface area contributed by atoms with Crippen LogP contribution in [0.15, 0.2) is 36.4 Å². The quantitative estimate of drug-likeness (QED) is 0.179. The first-order chi connectivity index (χ1) is 14.2. The Hall–Kier alpha value is -1.54. The van der Waals surface area contributed by atoms with E-state index in [1.54, 1.807) is 7.11 Å². The van der Waals surface area contributed by atoms with E-state index in [9.17, 15) is 0 Å². The van der Waals surface area contributed by atoms with E-state index < -0.39 is 8.32 Å². The summed E-state index contributed by atoms with van der Waals surface area (Å²) in [6.07, 6.45) is 9.96. The van der Waals surface area contributed by atoms with Gasteiger partial charge in [0.2, 0.25) is 0 Å². The van der Waals surface area contributed by atoms with Crippen molar-refractivity contribution in [1.29, 1.82) is 0 Å². The van der Waals surface area contributed by atoms with Crippen LogP contribution in [0.1, 0.15) is 58.4 Å². The summed E-state index contributed by atoms with van der Waals surface area (Å²) in [6.45, 7) is 13.0. The molecule has 0 amide bonds. The van der Waals surface area contributed by atoms with Crippen LogP contribution in [-0.2, 0) is 15.8 Å². The van der Waals surface area contributed by atoms with Gasteiger partial charge in [-0.1, -0.05) is 45.1 Å². The lowest BCUT2D eigenvalue weighted by atomic mass is 10.1. The molecule has 166 valence electrons. The summed E-state index contributed by atoms with van der Waals surface area (Å²) in [5.41, 5.74) is 1.18. The Morgan fingerprint density at radius 2 is 1.77 bits per heavy atom. The van der Waals surface area contributed by atoms with Crippen molar-refractivity contribution >= 4 is 8.32 Å². The van der Waals surface area contributed by atoms with Crippen molar-refractivity contribution in [3.8, 4) is 17.6 Å². The summed E-state index contributed by atoms with van der Waals surface area (Å²) in [5.74, 6) is 8.13. The zero-order valence-corrected chi connectivity index (χ0v) is 20.8. The van der Waals surface area contributed by atoms with Gasteiger partial charge in [-0.05, 0) is 61.0 Å². The van der Waals surface area contributed by atoms with Crippen LogP contribution in [0.25, 0.3) is 0 Å². The second-order valence-corrected chi connectivity index (χ2v) is 14.5. The molecule has 0 fully saturated rings. The largest absolute Gasteiger partial charge is 0.497 e. The fourth-order valence-corrected chi connectivity index (χ4v) is 4.44. The minimum absolute atomic E-state index is 0.261. The molecule has 0 bridgehead atoms. The highest BCUT2D eigenvalue weighted by atomic mass is 28.4. The summed E-state index contributed by atoms with van der Waals surface area (Å²) in [7, 11) is -0.00974. The predicted octanol–water partition coefficient (Wildman–Crippen LogP) is 6.74. The highest BCUT2D eigenvalue weighted by molar-refractivity contribution is 6.74. The SMILES string of the molecule is COc1ccc(COCCCCC#CC[C@H]2C=C[C@@H](O[Si](C)(C)C(C)(C)C)C2)cc1. The van der Waals surface area contributed by atoms with Crippen molar-refractivity contribution in [2.45, 2.75) is 83.7 Å². The van der Waals surface area contributed by atoms with Gasteiger partial charge in [0.15, 0.2) is 8.32 Å². The van der Waals surface area contributed by atoms with Crippen molar-refractivity contribution in [1.82, 2.24) is 0 Å². The second kappa shape index (κ2) is 11.7. The summed E-state index contributed by atoms with van der Waals surface area (Å²) in [4.78, 5) is 0. The number of allylic oxidation sites excluding steroid dienone is 1. The average Bonchev–Trinajstić information content (AvgIpc) is 3.12. The van der Waals surface area contributed by atoms with Gasteiger partial charge in [-0.2, -0.15) is 0 Å². The molecule has 1 aliphatic carbocycles. The van der Waals surface area contributed by atoms with Gasteiger partial charge in [-0.15, -0.1) is 11.8 Å². The number of methoxy groups -OCH3 is 1. The smallest absolute Gasteiger partial charge is 0.192 e. The van der Waals surface area contributed by atoms with Gasteiger partial charge in [0.1, 0.15) is 5.75 Å². The van der Waals surface area contributed by atoms with Crippen LogP contribution in [0.4, 0.5) is 0 Å². The van der Waals surface area contributed by atoms with E-state index in [2.05, 4.69) is 57.9 Å². The lowest BCUT2D eigenvalue weighted by Gasteiger charge is -2.38. The number of rotatable bonds is 10. The van der Waals surface area contributed by atoms with E-state index in [1.807, 2.05) is 24.3 Å². The van der Waals surface area contributed by atoms with Crippen LogP contribution >= 0.6 is 0 Å². The molecule has 0 aromatic heterocycles. The molecule has 0 unspecified atom stereocenters. The minimum atomic E-state index is -1.69. The van der Waals surface area contributed by atoms with Gasteiger partial charge in [0, 0.05) is 19.4 Å². The summed E-state index contributed by atoms with van der Waals surface area (Å²) >= 11 is 0. The van der Waals surface area contributed by atoms with Gasteiger partial charge in [-0.3, -0.25) is 0 Å². The summed E-state index contributed by atoms with van der Waals surface area (Å²) in [5, 5.41) is 0.261. The second-order valence-electron chi connectivity index (χ2n) is 9.71. The average molecular weight is 429 g/mol. The van der Waals surface area contributed by atoms with E-state index in [-0.39, 0.29) is 11.1 Å². The van der Waals surface area contributed by atoms with Crippen LogP contribution in [0.2, 0.25) is 18.1 Å². The Balaban J connectivity index is 1.53. The molecule has 4 heteroatoms. The molecule has 0 N–H and O–H groups in total. The fourth-order valence-electron chi connectivity index (χ4n) is 3.15. The maximum absolute atomic E-state index is 6.50. The van der Waals surface area contributed by atoms with Gasteiger partial charge in [0.05, 0.1) is 19.8 Å². The first kappa shape index (κ1) is 24.7. The number of benzene rings is 1. The van der Waals surface area contributed by atoms with Crippen molar-refractivity contribution in [2.24, 2.45) is 5.92 Å². The lowest BCUT2D eigenvalue weighted by Crippen LogP contribution is -2.43. The molecule has 0 saturated carbocycles. The van der Waals surface area contributed by atoms with E-state index in [1.165, 1.54) is 5.56 Å². The molecule has 3 nitrogen and oxygen atoms in total. The van der Waals surface area contributed by atoms with Gasteiger partial charge >= 0.3 is 0 Å². The topological polar surface area (TPSA) is 27.7 Å². The van der Waals surface area contributed by atoms with Crippen molar-refractivity contribution in [2.75, 3.05) is 13.7 Å². The van der Waals surface area contributed by atoms with Crippen molar-refractivity contribution < 1.29 is 13.9 Å². The molecule has 1 aromatic carbocycles. The lowest BCUT2D eigenvalue weighted by molar-refractivity contribution is 0.117. The highest BCUT2D eigenvalue weighted by Crippen LogP contribution is 2.39. The zero-order valence-electron chi connectivity index (χ0n) is 19.8. The number of unbranched alkanes of at least 4 members (excludes halogenated alkanes) is 2. The Bertz CT molecular complexity index is 719. The molecular weight excluding hydrogens is 388 g/mol. The molecule has 1 aromatic rings. The number of ether oxygens (including phenoxy) is 2. The molecule has 0 heterocycles. The van der Waals surface area contributed by atoms with Crippen molar-refractivity contribution in [3.05, 3.63) is 42.0 Å².